The summed E-state index contributed by atoms with van der Waals surface area (Å²) in [6.45, 7) is 8.99. The van der Waals surface area contributed by atoms with Crippen molar-refractivity contribution in [3.63, 3.8) is 0 Å². The number of hydrogen-bond acceptors (Lipinski definition) is 3. The number of methoxy groups -OCH3 is 1. The second kappa shape index (κ2) is 7.51. The highest BCUT2D eigenvalue weighted by Gasteiger charge is 2.24. The van der Waals surface area contributed by atoms with Crippen LogP contribution in [0, 0.1) is 13.8 Å². The zero-order valence-electron chi connectivity index (χ0n) is 12.8. The van der Waals surface area contributed by atoms with Gasteiger partial charge in [-0.2, -0.15) is 0 Å². The molecule has 108 valence electrons. The van der Waals surface area contributed by atoms with Crippen LogP contribution in [0.4, 0.5) is 0 Å². The molecule has 3 heteroatoms. The molecule has 0 aliphatic rings. The molecule has 1 aromatic rings. The van der Waals surface area contributed by atoms with Crippen molar-refractivity contribution in [1.29, 1.82) is 0 Å². The highest BCUT2D eigenvalue weighted by Crippen LogP contribution is 2.32. The van der Waals surface area contributed by atoms with E-state index in [1.807, 2.05) is 13.0 Å². The lowest BCUT2D eigenvalue weighted by atomic mass is 9.93. The summed E-state index contributed by atoms with van der Waals surface area (Å²) in [4.78, 5) is 0. The minimum Gasteiger partial charge on any atom is -0.496 e. The maximum Gasteiger partial charge on any atom is 0.124 e. The first-order valence-corrected chi connectivity index (χ1v) is 7.07. The Morgan fingerprint density at radius 3 is 2.42 bits per heavy atom. The van der Waals surface area contributed by atoms with Crippen molar-refractivity contribution in [2.45, 2.75) is 52.7 Å². The van der Waals surface area contributed by atoms with E-state index in [1.165, 1.54) is 11.1 Å². The van der Waals surface area contributed by atoms with Gasteiger partial charge < -0.3 is 15.2 Å². The van der Waals surface area contributed by atoms with Crippen molar-refractivity contribution < 1.29 is 9.47 Å². The molecule has 0 spiro atoms. The fourth-order valence-electron chi connectivity index (χ4n) is 2.59. The smallest absolute Gasteiger partial charge is 0.124 e. The van der Waals surface area contributed by atoms with Gasteiger partial charge in [0, 0.05) is 12.2 Å². The Labute approximate surface area is 117 Å². The summed E-state index contributed by atoms with van der Waals surface area (Å²) < 4.78 is 11.3. The number of aryl methyl sites for hydroxylation is 2. The first-order valence-electron chi connectivity index (χ1n) is 7.07. The van der Waals surface area contributed by atoms with E-state index in [1.54, 1.807) is 7.11 Å². The van der Waals surface area contributed by atoms with E-state index >= 15 is 0 Å². The van der Waals surface area contributed by atoms with Crippen LogP contribution in [-0.4, -0.2) is 19.8 Å². The standard InChI is InChI=1S/C16H27NO2/c1-6-8-13(19-7-2)16(17)15-12(4)9-11(3)10-14(15)18-5/h9-10,13,16H,6-8,17H2,1-5H3. The molecule has 0 aromatic heterocycles. The van der Waals surface area contributed by atoms with Gasteiger partial charge in [0.25, 0.3) is 0 Å². The predicted octanol–water partition coefficient (Wildman–Crippen LogP) is 3.52. The summed E-state index contributed by atoms with van der Waals surface area (Å²) in [5.74, 6) is 0.866. The average molecular weight is 265 g/mol. The summed E-state index contributed by atoms with van der Waals surface area (Å²) >= 11 is 0. The number of benzene rings is 1. The molecule has 0 saturated carbocycles. The van der Waals surface area contributed by atoms with Gasteiger partial charge in [0.2, 0.25) is 0 Å². The Balaban J connectivity index is 3.11. The first-order chi connectivity index (χ1) is 9.04. The zero-order chi connectivity index (χ0) is 14.4. The van der Waals surface area contributed by atoms with Gasteiger partial charge in [-0.3, -0.25) is 0 Å². The van der Waals surface area contributed by atoms with E-state index in [0.29, 0.717) is 6.61 Å². The highest BCUT2D eigenvalue weighted by molar-refractivity contribution is 5.45. The quantitative estimate of drug-likeness (QED) is 0.820. The Morgan fingerprint density at radius 2 is 1.89 bits per heavy atom. The third-order valence-corrected chi connectivity index (χ3v) is 3.40. The number of hydrogen-bond donors (Lipinski definition) is 1. The molecule has 0 radical (unpaired) electrons. The molecule has 2 N–H and O–H groups in total. The van der Waals surface area contributed by atoms with Crippen LogP contribution in [0.1, 0.15) is 49.4 Å². The fraction of sp³-hybridized carbons (Fsp3) is 0.625. The molecule has 0 amide bonds. The molecule has 0 aliphatic carbocycles. The summed E-state index contributed by atoms with van der Waals surface area (Å²) in [5, 5.41) is 0. The van der Waals surface area contributed by atoms with Crippen molar-refractivity contribution in [1.82, 2.24) is 0 Å². The Hall–Kier alpha value is -1.06. The second-order valence-corrected chi connectivity index (χ2v) is 5.01. The lowest BCUT2D eigenvalue weighted by Gasteiger charge is -2.27. The van der Waals surface area contributed by atoms with E-state index in [-0.39, 0.29) is 12.1 Å². The van der Waals surface area contributed by atoms with Crippen molar-refractivity contribution in [2.75, 3.05) is 13.7 Å². The van der Waals surface area contributed by atoms with Gasteiger partial charge >= 0.3 is 0 Å². The van der Waals surface area contributed by atoms with Gasteiger partial charge in [0.15, 0.2) is 0 Å². The van der Waals surface area contributed by atoms with Gasteiger partial charge in [0.1, 0.15) is 5.75 Å². The molecular formula is C16H27NO2. The molecule has 3 nitrogen and oxygen atoms in total. The van der Waals surface area contributed by atoms with E-state index in [9.17, 15) is 0 Å². The molecule has 0 aliphatic heterocycles. The van der Waals surface area contributed by atoms with Crippen LogP contribution in [0.25, 0.3) is 0 Å². The minimum absolute atomic E-state index is 0.0466. The fourth-order valence-corrected chi connectivity index (χ4v) is 2.59. The molecule has 19 heavy (non-hydrogen) atoms. The average Bonchev–Trinajstić information content (AvgIpc) is 2.36. The van der Waals surface area contributed by atoms with E-state index in [0.717, 1.165) is 24.2 Å². The van der Waals surface area contributed by atoms with E-state index in [4.69, 9.17) is 15.2 Å². The molecule has 1 rings (SSSR count). The monoisotopic (exact) mass is 265 g/mol. The van der Waals surface area contributed by atoms with Crippen LogP contribution in [0.15, 0.2) is 12.1 Å². The summed E-state index contributed by atoms with van der Waals surface area (Å²) in [6, 6.07) is 4.04. The Bertz CT molecular complexity index is 398. The van der Waals surface area contributed by atoms with Crippen molar-refractivity contribution in [2.24, 2.45) is 5.73 Å². The molecule has 2 unspecified atom stereocenters. The topological polar surface area (TPSA) is 44.5 Å². The van der Waals surface area contributed by atoms with Gasteiger partial charge in [-0.25, -0.2) is 0 Å². The Kier molecular flexibility index (Phi) is 6.32. The minimum atomic E-state index is -0.143. The van der Waals surface area contributed by atoms with Crippen LogP contribution >= 0.6 is 0 Å². The molecule has 0 saturated heterocycles. The number of nitrogens with two attached hydrogens (primary N) is 1. The third-order valence-electron chi connectivity index (χ3n) is 3.40. The SMILES string of the molecule is CCCC(OCC)C(N)c1c(C)cc(C)cc1OC. The number of rotatable bonds is 7. The van der Waals surface area contributed by atoms with Crippen LogP contribution in [0.3, 0.4) is 0 Å². The van der Waals surface area contributed by atoms with Crippen molar-refractivity contribution >= 4 is 0 Å². The van der Waals surface area contributed by atoms with Crippen LogP contribution in [0.5, 0.6) is 5.75 Å². The summed E-state index contributed by atoms with van der Waals surface area (Å²) in [6.07, 6.45) is 2.07. The summed E-state index contributed by atoms with van der Waals surface area (Å²) in [5.41, 5.74) is 9.86. The largest absolute Gasteiger partial charge is 0.496 e. The maximum atomic E-state index is 6.43. The van der Waals surface area contributed by atoms with Gasteiger partial charge in [-0.05, 0) is 44.4 Å². The molecule has 0 heterocycles. The second-order valence-electron chi connectivity index (χ2n) is 5.01. The van der Waals surface area contributed by atoms with Gasteiger partial charge in [-0.1, -0.05) is 19.4 Å². The van der Waals surface area contributed by atoms with Crippen LogP contribution in [-0.2, 0) is 4.74 Å². The van der Waals surface area contributed by atoms with Crippen LogP contribution in [0.2, 0.25) is 0 Å². The first kappa shape index (κ1) is 16.0. The normalized spacial score (nSPS) is 14.2. The molecule has 0 bridgehead atoms. The molecule has 0 fully saturated rings. The highest BCUT2D eigenvalue weighted by atomic mass is 16.5. The van der Waals surface area contributed by atoms with Crippen LogP contribution < -0.4 is 10.5 Å². The Morgan fingerprint density at radius 1 is 1.21 bits per heavy atom. The third kappa shape index (κ3) is 3.95. The maximum absolute atomic E-state index is 6.43. The van der Waals surface area contributed by atoms with Gasteiger partial charge in [-0.15, -0.1) is 0 Å². The van der Waals surface area contributed by atoms with Crippen molar-refractivity contribution in [3.8, 4) is 5.75 Å². The molecule has 2 atom stereocenters. The summed E-state index contributed by atoms with van der Waals surface area (Å²) in [7, 11) is 1.69. The molecule has 1 aromatic carbocycles. The number of ether oxygens (including phenoxy) is 2. The van der Waals surface area contributed by atoms with E-state index in [2.05, 4.69) is 26.8 Å². The lowest BCUT2D eigenvalue weighted by molar-refractivity contribution is 0.0367. The lowest BCUT2D eigenvalue weighted by Crippen LogP contribution is -2.30. The molecular weight excluding hydrogens is 238 g/mol. The van der Waals surface area contributed by atoms with Gasteiger partial charge in [0.05, 0.1) is 19.3 Å². The predicted molar refractivity (Wildman–Crippen MR) is 79.7 cm³/mol. The zero-order valence-corrected chi connectivity index (χ0v) is 12.8. The van der Waals surface area contributed by atoms with E-state index < -0.39 is 0 Å². The van der Waals surface area contributed by atoms with Crippen molar-refractivity contribution in [3.05, 3.63) is 28.8 Å².